The van der Waals surface area contributed by atoms with Crippen LogP contribution in [-0.2, 0) is 17.9 Å². The minimum atomic E-state index is -0.521. The van der Waals surface area contributed by atoms with Crippen LogP contribution in [0.5, 0.6) is 17.2 Å². The number of halogens is 1. The highest BCUT2D eigenvalue weighted by Gasteiger charge is 2.08. The first kappa shape index (κ1) is 23.1. The molecule has 0 saturated heterocycles. The van der Waals surface area contributed by atoms with Gasteiger partial charge in [-0.15, -0.1) is 11.3 Å². The van der Waals surface area contributed by atoms with Crippen molar-refractivity contribution in [3.8, 4) is 17.2 Å². The number of nitrogens with zero attached hydrogens (tertiary/aromatic N) is 2. The minimum absolute atomic E-state index is 0.0902. The number of aromatic nitrogens is 2. The first-order valence-electron chi connectivity index (χ1n) is 10.5. The minimum Gasteiger partial charge on any atom is -0.487 e. The van der Waals surface area contributed by atoms with E-state index in [1.165, 1.54) is 24.4 Å². The molecule has 34 heavy (non-hydrogen) atoms. The van der Waals surface area contributed by atoms with Gasteiger partial charge in [-0.05, 0) is 48.9 Å². The van der Waals surface area contributed by atoms with Gasteiger partial charge in [0.25, 0.3) is 0 Å². The molecular weight excluding hydrogens is 453 g/mol. The molecule has 4 rings (SSSR count). The lowest BCUT2D eigenvalue weighted by molar-refractivity contribution is -0.116. The highest BCUT2D eigenvalue weighted by molar-refractivity contribution is 7.09. The molecule has 6 nitrogen and oxygen atoms in total. The third-order valence-corrected chi connectivity index (χ3v) is 5.52. The van der Waals surface area contributed by atoms with Crippen LogP contribution in [0, 0.1) is 12.7 Å². The fourth-order valence-corrected chi connectivity index (χ4v) is 3.66. The lowest BCUT2D eigenvalue weighted by Crippen LogP contribution is -2.20. The van der Waals surface area contributed by atoms with E-state index >= 15 is 0 Å². The third-order valence-electron chi connectivity index (χ3n) is 4.70. The van der Waals surface area contributed by atoms with Crippen LogP contribution in [0.2, 0.25) is 0 Å². The quantitative estimate of drug-likeness (QED) is 0.315. The van der Waals surface area contributed by atoms with Crippen LogP contribution >= 0.6 is 11.3 Å². The molecule has 0 aliphatic rings. The Morgan fingerprint density at radius 1 is 1.15 bits per heavy atom. The highest BCUT2D eigenvalue weighted by Crippen LogP contribution is 2.24. The largest absolute Gasteiger partial charge is 0.487 e. The second-order valence-corrected chi connectivity index (χ2v) is 8.35. The molecular formula is C26H22FN3O3S. The van der Waals surface area contributed by atoms with Crippen LogP contribution in [0.3, 0.4) is 0 Å². The molecule has 0 saturated carbocycles. The molecule has 0 spiro atoms. The van der Waals surface area contributed by atoms with Gasteiger partial charge in [-0.1, -0.05) is 24.3 Å². The number of rotatable bonds is 9. The fraction of sp³-hybridized carbons (Fsp3) is 0.115. The van der Waals surface area contributed by atoms with Crippen molar-refractivity contribution in [3.63, 3.8) is 0 Å². The van der Waals surface area contributed by atoms with Crippen LogP contribution in [-0.4, -0.2) is 15.9 Å². The number of benzene rings is 2. The van der Waals surface area contributed by atoms with E-state index in [1.54, 1.807) is 41.8 Å². The second kappa shape index (κ2) is 11.2. The lowest BCUT2D eigenvalue weighted by Gasteiger charge is -2.09. The van der Waals surface area contributed by atoms with Gasteiger partial charge in [0, 0.05) is 29.8 Å². The Morgan fingerprint density at radius 3 is 2.79 bits per heavy atom. The Hall–Kier alpha value is -4.04. The predicted octanol–water partition coefficient (Wildman–Crippen LogP) is 5.69. The number of pyridine rings is 1. The smallest absolute Gasteiger partial charge is 0.244 e. The maximum absolute atomic E-state index is 14.4. The van der Waals surface area contributed by atoms with E-state index in [2.05, 4.69) is 15.3 Å². The molecule has 8 heteroatoms. The number of amides is 1. The van der Waals surface area contributed by atoms with Crippen molar-refractivity contribution >= 4 is 23.3 Å². The summed E-state index contributed by atoms with van der Waals surface area (Å²) in [5.74, 6) is 0.364. The van der Waals surface area contributed by atoms with Crippen molar-refractivity contribution in [3.05, 3.63) is 106 Å². The maximum Gasteiger partial charge on any atom is 0.244 e. The van der Waals surface area contributed by atoms with Crippen LogP contribution in [0.4, 0.5) is 4.39 Å². The molecule has 4 aromatic rings. The Kier molecular flexibility index (Phi) is 7.62. The number of carbonyl (C=O) groups is 1. The van der Waals surface area contributed by atoms with Gasteiger partial charge in [-0.3, -0.25) is 9.78 Å². The molecule has 0 aliphatic heterocycles. The van der Waals surface area contributed by atoms with E-state index in [0.717, 1.165) is 16.3 Å². The van der Waals surface area contributed by atoms with Crippen LogP contribution in [0.25, 0.3) is 6.08 Å². The van der Waals surface area contributed by atoms with Crippen LogP contribution < -0.4 is 14.8 Å². The number of hydrogen-bond acceptors (Lipinski definition) is 6. The Bertz CT molecular complexity index is 1290. The van der Waals surface area contributed by atoms with Crippen molar-refractivity contribution in [1.29, 1.82) is 0 Å². The predicted molar refractivity (Wildman–Crippen MR) is 129 cm³/mol. The Labute approximate surface area is 200 Å². The summed E-state index contributed by atoms with van der Waals surface area (Å²) in [6, 6.07) is 15.4. The van der Waals surface area contributed by atoms with Crippen molar-refractivity contribution < 1.29 is 18.7 Å². The normalized spacial score (nSPS) is 10.9. The first-order chi connectivity index (χ1) is 16.6. The van der Waals surface area contributed by atoms with Gasteiger partial charge in [-0.2, -0.15) is 0 Å². The first-order valence-corrected chi connectivity index (χ1v) is 11.4. The second-order valence-electron chi connectivity index (χ2n) is 7.29. The van der Waals surface area contributed by atoms with Crippen molar-refractivity contribution in [2.45, 2.75) is 20.1 Å². The summed E-state index contributed by atoms with van der Waals surface area (Å²) in [4.78, 5) is 20.6. The molecule has 1 N–H and O–H groups in total. The van der Waals surface area contributed by atoms with Gasteiger partial charge in [0.05, 0.1) is 16.9 Å². The van der Waals surface area contributed by atoms with E-state index in [0.29, 0.717) is 23.7 Å². The SMILES string of the molecule is Cc1nc(COc2ccccc2/C=C/C(=O)NCc2ccc(Oc3cccnc3)c(F)c2)cs1. The van der Waals surface area contributed by atoms with Gasteiger partial charge in [0.1, 0.15) is 18.1 Å². The molecule has 2 aromatic heterocycles. The summed E-state index contributed by atoms with van der Waals surface area (Å²) in [6.07, 6.45) is 6.22. The zero-order valence-electron chi connectivity index (χ0n) is 18.4. The number of carbonyl (C=O) groups excluding carboxylic acids is 1. The molecule has 0 bridgehead atoms. The third kappa shape index (κ3) is 6.49. The molecule has 2 heterocycles. The van der Waals surface area contributed by atoms with E-state index in [1.807, 2.05) is 36.6 Å². The summed E-state index contributed by atoms with van der Waals surface area (Å²) < 4.78 is 25.7. The number of para-hydroxylation sites is 1. The number of thiazole rings is 1. The maximum atomic E-state index is 14.4. The fourth-order valence-electron chi connectivity index (χ4n) is 3.06. The number of hydrogen-bond donors (Lipinski definition) is 1. The number of aryl methyl sites for hydroxylation is 1. The average molecular weight is 476 g/mol. The molecule has 0 unspecified atom stereocenters. The summed E-state index contributed by atoms with van der Waals surface area (Å²) in [7, 11) is 0. The van der Waals surface area contributed by atoms with Gasteiger partial charge >= 0.3 is 0 Å². The molecule has 0 aliphatic carbocycles. The van der Waals surface area contributed by atoms with Crippen molar-refractivity contribution in [2.75, 3.05) is 0 Å². The summed E-state index contributed by atoms with van der Waals surface area (Å²) in [5, 5.41) is 5.70. The van der Waals surface area contributed by atoms with E-state index in [9.17, 15) is 9.18 Å². The van der Waals surface area contributed by atoms with Crippen LogP contribution in [0.15, 0.2) is 78.4 Å². The van der Waals surface area contributed by atoms with Gasteiger partial charge in [0.2, 0.25) is 5.91 Å². The highest BCUT2D eigenvalue weighted by atomic mass is 32.1. The van der Waals surface area contributed by atoms with Gasteiger partial charge < -0.3 is 14.8 Å². The molecule has 1 amide bonds. The Morgan fingerprint density at radius 2 is 2.03 bits per heavy atom. The molecule has 0 radical (unpaired) electrons. The number of nitrogens with one attached hydrogen (secondary N) is 1. The van der Waals surface area contributed by atoms with Gasteiger partial charge in [0.15, 0.2) is 11.6 Å². The van der Waals surface area contributed by atoms with Crippen LogP contribution in [0.1, 0.15) is 21.8 Å². The van der Waals surface area contributed by atoms with Crippen molar-refractivity contribution in [2.24, 2.45) is 0 Å². The molecule has 2 aromatic carbocycles. The number of ether oxygens (including phenoxy) is 2. The molecule has 0 atom stereocenters. The van der Waals surface area contributed by atoms with E-state index in [-0.39, 0.29) is 18.2 Å². The van der Waals surface area contributed by atoms with E-state index in [4.69, 9.17) is 9.47 Å². The lowest BCUT2D eigenvalue weighted by atomic mass is 10.2. The monoisotopic (exact) mass is 475 g/mol. The summed E-state index contributed by atoms with van der Waals surface area (Å²) in [6.45, 7) is 2.48. The summed E-state index contributed by atoms with van der Waals surface area (Å²) in [5.41, 5.74) is 2.25. The molecule has 0 fully saturated rings. The summed E-state index contributed by atoms with van der Waals surface area (Å²) >= 11 is 1.57. The average Bonchev–Trinajstić information content (AvgIpc) is 3.28. The van der Waals surface area contributed by atoms with E-state index < -0.39 is 5.82 Å². The standard InChI is InChI=1S/C26H22FN3O3S/c1-18-30-21(17-34-18)16-32-24-7-3-2-5-20(24)9-11-26(31)29-14-19-8-10-25(23(27)13-19)33-22-6-4-12-28-15-22/h2-13,15,17H,14,16H2,1H3,(H,29,31)/b11-9+. The topological polar surface area (TPSA) is 73.3 Å². The Balaban J connectivity index is 1.32. The van der Waals surface area contributed by atoms with Crippen molar-refractivity contribution in [1.82, 2.24) is 15.3 Å². The van der Waals surface area contributed by atoms with Gasteiger partial charge in [-0.25, -0.2) is 9.37 Å². The zero-order valence-corrected chi connectivity index (χ0v) is 19.2. The zero-order chi connectivity index (χ0) is 23.8. The molecule has 172 valence electrons.